The summed E-state index contributed by atoms with van der Waals surface area (Å²) in [6, 6.07) is 11.4. The fraction of sp³-hybridized carbons (Fsp3) is 0.211. The molecule has 2 N–H and O–H groups in total. The quantitative estimate of drug-likeness (QED) is 0.537. The number of hydrogen-bond donors (Lipinski definition) is 2. The van der Waals surface area contributed by atoms with Gasteiger partial charge in [-0.05, 0) is 30.7 Å². The maximum absolute atomic E-state index is 12.8. The van der Waals surface area contributed by atoms with Gasteiger partial charge in [-0.3, -0.25) is 13.9 Å². The minimum atomic E-state index is -0.274. The first-order valence-corrected chi connectivity index (χ1v) is 9.62. The number of carbonyl (C=O) groups excluding carboxylic acids is 1. The number of imidazole rings is 1. The van der Waals surface area contributed by atoms with E-state index in [9.17, 15) is 9.59 Å². The molecule has 0 radical (unpaired) electrons. The minimum absolute atomic E-state index is 0.0481. The molecule has 4 aromatic rings. The lowest BCUT2D eigenvalue weighted by Gasteiger charge is -2.03. The van der Waals surface area contributed by atoms with Crippen LogP contribution < -0.4 is 11.0 Å². The Morgan fingerprint density at radius 3 is 2.67 bits per heavy atom. The van der Waals surface area contributed by atoms with Crippen molar-refractivity contribution in [3.63, 3.8) is 0 Å². The number of carbonyl (C=O) groups is 1. The van der Waals surface area contributed by atoms with Gasteiger partial charge in [0, 0.05) is 18.1 Å². The maximum atomic E-state index is 12.8. The van der Waals surface area contributed by atoms with Gasteiger partial charge < -0.3 is 10.3 Å². The van der Waals surface area contributed by atoms with Crippen molar-refractivity contribution < 1.29 is 4.79 Å². The van der Waals surface area contributed by atoms with Crippen LogP contribution in [0.2, 0.25) is 0 Å². The summed E-state index contributed by atoms with van der Waals surface area (Å²) in [6.07, 6.45) is 2.67. The van der Waals surface area contributed by atoms with Gasteiger partial charge in [0.1, 0.15) is 6.54 Å². The molecule has 0 saturated heterocycles. The second-order valence-electron chi connectivity index (χ2n) is 6.18. The lowest BCUT2D eigenvalue weighted by Crippen LogP contribution is -2.29. The summed E-state index contributed by atoms with van der Waals surface area (Å²) < 4.78 is 3.23. The summed E-state index contributed by atoms with van der Waals surface area (Å²) in [5.41, 5.74) is 3.11. The lowest BCUT2D eigenvalue weighted by atomic mass is 10.3. The molecule has 0 fully saturated rings. The first-order valence-electron chi connectivity index (χ1n) is 8.74. The molecule has 7 nitrogen and oxygen atoms in total. The largest absolute Gasteiger partial charge is 0.360 e. The molecule has 0 atom stereocenters. The molecule has 3 aromatic heterocycles. The zero-order valence-corrected chi connectivity index (χ0v) is 15.6. The second kappa shape index (κ2) is 7.24. The topological polar surface area (TPSA) is 84.7 Å². The Kier molecular flexibility index (Phi) is 4.64. The average Bonchev–Trinajstić information content (AvgIpc) is 3.39. The van der Waals surface area contributed by atoms with Crippen LogP contribution in [0.15, 0.2) is 52.8 Å². The molecular weight excluding hydrogens is 362 g/mol. The average molecular weight is 381 g/mol. The van der Waals surface area contributed by atoms with E-state index in [-0.39, 0.29) is 18.1 Å². The number of benzene rings is 1. The van der Waals surface area contributed by atoms with Crippen LogP contribution >= 0.6 is 11.3 Å². The highest BCUT2D eigenvalue weighted by atomic mass is 32.1. The Morgan fingerprint density at radius 1 is 1.19 bits per heavy atom. The standard InChI is InChI=1S/C19H19N5O2S/c1-2-10-23-15-7-3-4-8-16(15)24(19(23)26)11-17(25)22-18-21-14(12-27-18)13-6-5-9-20-13/h3-9,12,20H,2,10-11H2,1H3,(H,21,22,25). The van der Waals surface area contributed by atoms with Gasteiger partial charge in [0.25, 0.3) is 0 Å². The first kappa shape index (κ1) is 17.3. The number of aryl methyl sites for hydroxylation is 1. The maximum Gasteiger partial charge on any atom is 0.329 e. The Hall–Kier alpha value is -3.13. The van der Waals surface area contributed by atoms with Crippen LogP contribution in [-0.4, -0.2) is 25.0 Å². The summed E-state index contributed by atoms with van der Waals surface area (Å²) in [6.45, 7) is 2.60. The molecule has 0 spiro atoms. The third-order valence-electron chi connectivity index (χ3n) is 4.30. The van der Waals surface area contributed by atoms with Crippen molar-refractivity contribution in [2.24, 2.45) is 0 Å². The highest BCUT2D eigenvalue weighted by Gasteiger charge is 2.16. The number of nitrogens with one attached hydrogen (secondary N) is 2. The molecule has 0 aliphatic carbocycles. The van der Waals surface area contributed by atoms with Crippen LogP contribution in [0, 0.1) is 0 Å². The van der Waals surface area contributed by atoms with Crippen molar-refractivity contribution >= 4 is 33.4 Å². The first-order chi connectivity index (χ1) is 13.2. The smallest absolute Gasteiger partial charge is 0.329 e. The van der Waals surface area contributed by atoms with Crippen molar-refractivity contribution in [2.75, 3.05) is 5.32 Å². The number of hydrogen-bond acceptors (Lipinski definition) is 4. The van der Waals surface area contributed by atoms with Gasteiger partial charge in [0.2, 0.25) is 5.91 Å². The Balaban J connectivity index is 1.57. The fourth-order valence-corrected chi connectivity index (χ4v) is 3.84. The number of amides is 1. The van der Waals surface area contributed by atoms with Gasteiger partial charge in [-0.25, -0.2) is 9.78 Å². The van der Waals surface area contributed by atoms with E-state index in [1.807, 2.05) is 54.9 Å². The Bertz CT molecular complexity index is 1140. The van der Waals surface area contributed by atoms with E-state index in [0.29, 0.717) is 11.7 Å². The summed E-state index contributed by atoms with van der Waals surface area (Å²) in [4.78, 5) is 32.8. The molecule has 4 rings (SSSR count). The molecule has 8 heteroatoms. The second-order valence-corrected chi connectivity index (χ2v) is 7.04. The molecule has 0 saturated carbocycles. The molecule has 1 aromatic carbocycles. The normalized spacial score (nSPS) is 11.1. The predicted molar refractivity (Wildman–Crippen MR) is 107 cm³/mol. The van der Waals surface area contributed by atoms with E-state index < -0.39 is 0 Å². The minimum Gasteiger partial charge on any atom is -0.360 e. The van der Waals surface area contributed by atoms with Crippen LogP contribution in [0.4, 0.5) is 5.13 Å². The number of rotatable bonds is 6. The number of thiazole rings is 1. The van der Waals surface area contributed by atoms with E-state index in [0.717, 1.165) is 28.8 Å². The van der Waals surface area contributed by atoms with Crippen LogP contribution in [0.1, 0.15) is 13.3 Å². The van der Waals surface area contributed by atoms with Crippen molar-refractivity contribution in [2.45, 2.75) is 26.4 Å². The van der Waals surface area contributed by atoms with Crippen LogP contribution in [-0.2, 0) is 17.9 Å². The van der Waals surface area contributed by atoms with E-state index in [2.05, 4.69) is 15.3 Å². The third kappa shape index (κ3) is 3.31. The molecule has 3 heterocycles. The molecule has 0 bridgehead atoms. The van der Waals surface area contributed by atoms with Gasteiger partial charge in [-0.2, -0.15) is 0 Å². The van der Waals surface area contributed by atoms with Crippen molar-refractivity contribution in [1.82, 2.24) is 19.1 Å². The van der Waals surface area contributed by atoms with Crippen LogP contribution in [0.25, 0.3) is 22.4 Å². The molecule has 138 valence electrons. The van der Waals surface area contributed by atoms with Crippen LogP contribution in [0.5, 0.6) is 0 Å². The molecule has 0 aliphatic rings. The monoisotopic (exact) mass is 381 g/mol. The number of fused-ring (bicyclic) bond motifs is 1. The van der Waals surface area contributed by atoms with E-state index in [1.54, 1.807) is 4.57 Å². The SMILES string of the molecule is CCCn1c(=O)n(CC(=O)Nc2nc(-c3ccc[nH]3)cs2)c2ccccc21. The number of anilines is 1. The van der Waals surface area contributed by atoms with Crippen LogP contribution in [0.3, 0.4) is 0 Å². The lowest BCUT2D eigenvalue weighted by molar-refractivity contribution is -0.116. The van der Waals surface area contributed by atoms with Gasteiger partial charge in [0.15, 0.2) is 5.13 Å². The zero-order valence-electron chi connectivity index (χ0n) is 14.8. The van der Waals surface area contributed by atoms with E-state index >= 15 is 0 Å². The number of nitrogens with zero attached hydrogens (tertiary/aromatic N) is 3. The Morgan fingerprint density at radius 2 is 1.96 bits per heavy atom. The summed E-state index contributed by atoms with van der Waals surface area (Å²) in [7, 11) is 0. The molecule has 0 unspecified atom stereocenters. The van der Waals surface area contributed by atoms with Gasteiger partial charge in [-0.1, -0.05) is 19.1 Å². The number of H-pyrrole nitrogens is 1. The van der Waals surface area contributed by atoms with Crippen molar-refractivity contribution in [3.8, 4) is 11.4 Å². The van der Waals surface area contributed by atoms with E-state index in [4.69, 9.17) is 0 Å². The summed E-state index contributed by atoms with van der Waals surface area (Å²) in [5, 5.41) is 5.18. The third-order valence-corrected chi connectivity index (χ3v) is 5.06. The Labute approximate surface area is 159 Å². The fourth-order valence-electron chi connectivity index (χ4n) is 3.11. The number of aromatic amines is 1. The number of para-hydroxylation sites is 2. The van der Waals surface area contributed by atoms with Crippen molar-refractivity contribution in [3.05, 3.63) is 58.5 Å². The van der Waals surface area contributed by atoms with E-state index in [1.165, 1.54) is 15.9 Å². The van der Waals surface area contributed by atoms with Gasteiger partial charge in [0.05, 0.1) is 22.4 Å². The molecule has 0 aliphatic heterocycles. The highest BCUT2D eigenvalue weighted by Crippen LogP contribution is 2.23. The number of aromatic nitrogens is 4. The molecule has 27 heavy (non-hydrogen) atoms. The van der Waals surface area contributed by atoms with Gasteiger partial charge in [-0.15, -0.1) is 11.3 Å². The predicted octanol–water partition coefficient (Wildman–Crippen LogP) is 3.30. The molecule has 1 amide bonds. The summed E-state index contributed by atoms with van der Waals surface area (Å²) in [5.74, 6) is -0.274. The van der Waals surface area contributed by atoms with Gasteiger partial charge >= 0.3 is 5.69 Å². The highest BCUT2D eigenvalue weighted by molar-refractivity contribution is 7.14. The molecular formula is C19H19N5O2S. The summed E-state index contributed by atoms with van der Waals surface area (Å²) >= 11 is 1.35. The zero-order chi connectivity index (χ0) is 18.8. The van der Waals surface area contributed by atoms with Crippen molar-refractivity contribution in [1.29, 1.82) is 0 Å².